The molecule has 2 aromatic rings. The van der Waals surface area contributed by atoms with Gasteiger partial charge in [0.15, 0.2) is 17.5 Å². The molecular formula is C20H26IN3O3. The Hall–Kier alpha value is -2.16. The molecule has 1 aliphatic heterocycles. The molecule has 3 rings (SSSR count). The number of nitrogens with two attached hydrogens (primary N) is 1. The van der Waals surface area contributed by atoms with E-state index >= 15 is 0 Å². The van der Waals surface area contributed by atoms with Gasteiger partial charge in [0.1, 0.15) is 5.75 Å². The number of halogens is 1. The molecular weight excluding hydrogens is 457 g/mol. The van der Waals surface area contributed by atoms with Crippen LogP contribution < -0.4 is 25.3 Å². The summed E-state index contributed by atoms with van der Waals surface area (Å²) >= 11 is 0. The van der Waals surface area contributed by atoms with E-state index < -0.39 is 0 Å². The maximum absolute atomic E-state index is 6.04. The van der Waals surface area contributed by atoms with E-state index in [0.717, 1.165) is 40.5 Å². The zero-order valence-electron chi connectivity index (χ0n) is 15.7. The molecule has 7 heteroatoms. The van der Waals surface area contributed by atoms with E-state index in [1.165, 1.54) is 0 Å². The van der Waals surface area contributed by atoms with Crippen molar-refractivity contribution in [3.8, 4) is 17.2 Å². The summed E-state index contributed by atoms with van der Waals surface area (Å²) in [5.41, 5.74) is 9.00. The Morgan fingerprint density at radius 2 is 1.93 bits per heavy atom. The molecule has 0 spiro atoms. The van der Waals surface area contributed by atoms with Gasteiger partial charge in [0.2, 0.25) is 0 Å². The maximum Gasteiger partial charge on any atom is 0.193 e. The quantitative estimate of drug-likeness (QED) is 0.381. The van der Waals surface area contributed by atoms with Crippen molar-refractivity contribution in [1.29, 1.82) is 0 Å². The van der Waals surface area contributed by atoms with Crippen molar-refractivity contribution in [2.45, 2.75) is 26.8 Å². The molecule has 0 aliphatic carbocycles. The fourth-order valence-electron chi connectivity index (χ4n) is 2.68. The van der Waals surface area contributed by atoms with Crippen molar-refractivity contribution in [2.75, 3.05) is 25.1 Å². The topological polar surface area (TPSA) is 78.1 Å². The van der Waals surface area contributed by atoms with Crippen LogP contribution >= 0.6 is 24.0 Å². The van der Waals surface area contributed by atoms with E-state index in [0.29, 0.717) is 32.3 Å². The number of rotatable bonds is 5. The minimum Gasteiger partial charge on any atom is -0.494 e. The van der Waals surface area contributed by atoms with Gasteiger partial charge in [0.25, 0.3) is 0 Å². The van der Waals surface area contributed by atoms with Gasteiger partial charge in [-0.15, -0.1) is 24.0 Å². The van der Waals surface area contributed by atoms with Crippen LogP contribution in [0.15, 0.2) is 41.4 Å². The Kier molecular flexibility index (Phi) is 8.02. The number of ether oxygens (including phenoxy) is 3. The van der Waals surface area contributed by atoms with E-state index in [9.17, 15) is 0 Å². The van der Waals surface area contributed by atoms with Crippen LogP contribution in [0.5, 0.6) is 17.2 Å². The third-order valence-corrected chi connectivity index (χ3v) is 3.96. The summed E-state index contributed by atoms with van der Waals surface area (Å²) in [6, 6.07) is 11.7. The van der Waals surface area contributed by atoms with Crippen LogP contribution in [-0.4, -0.2) is 25.8 Å². The summed E-state index contributed by atoms with van der Waals surface area (Å²) in [6.07, 6.45) is 0.875. The van der Waals surface area contributed by atoms with Gasteiger partial charge in [-0.05, 0) is 37.6 Å². The van der Waals surface area contributed by atoms with E-state index in [1.807, 2.05) is 50.2 Å². The molecule has 3 N–H and O–H groups in total. The largest absolute Gasteiger partial charge is 0.494 e. The van der Waals surface area contributed by atoms with Crippen LogP contribution in [0.4, 0.5) is 5.69 Å². The number of nitrogens with zero attached hydrogens (tertiary/aromatic N) is 1. The zero-order chi connectivity index (χ0) is 18.4. The first kappa shape index (κ1) is 21.1. The molecule has 0 saturated heterocycles. The summed E-state index contributed by atoms with van der Waals surface area (Å²) in [5, 5.41) is 3.10. The molecule has 146 valence electrons. The fraction of sp³-hybridized carbons (Fsp3) is 0.350. The lowest BCUT2D eigenvalue weighted by Gasteiger charge is -2.12. The number of fused-ring (bicyclic) bond motifs is 1. The Bertz CT molecular complexity index is 796. The van der Waals surface area contributed by atoms with Gasteiger partial charge >= 0.3 is 0 Å². The van der Waals surface area contributed by atoms with Gasteiger partial charge in [-0.25, -0.2) is 4.99 Å². The fourth-order valence-corrected chi connectivity index (χ4v) is 2.68. The van der Waals surface area contributed by atoms with Crippen LogP contribution in [0.25, 0.3) is 0 Å². The van der Waals surface area contributed by atoms with Gasteiger partial charge in [0.05, 0.1) is 26.4 Å². The van der Waals surface area contributed by atoms with Crippen LogP contribution in [-0.2, 0) is 6.54 Å². The van der Waals surface area contributed by atoms with E-state index in [2.05, 4.69) is 10.3 Å². The van der Waals surface area contributed by atoms with Gasteiger partial charge < -0.3 is 25.3 Å². The number of guanidine groups is 1. The number of benzene rings is 2. The zero-order valence-corrected chi connectivity index (χ0v) is 18.0. The molecule has 6 nitrogen and oxygen atoms in total. The normalized spacial score (nSPS) is 13.3. The molecule has 2 aromatic carbocycles. The first-order valence-corrected chi connectivity index (χ1v) is 8.84. The van der Waals surface area contributed by atoms with Crippen molar-refractivity contribution in [3.05, 3.63) is 47.5 Å². The van der Waals surface area contributed by atoms with E-state index in [1.54, 1.807) is 0 Å². The highest BCUT2D eigenvalue weighted by Gasteiger charge is 2.11. The minimum absolute atomic E-state index is 0. The number of nitrogens with one attached hydrogen (secondary N) is 1. The Morgan fingerprint density at radius 1 is 1.15 bits per heavy atom. The van der Waals surface area contributed by atoms with Crippen molar-refractivity contribution in [2.24, 2.45) is 10.7 Å². The van der Waals surface area contributed by atoms with Gasteiger partial charge in [0, 0.05) is 23.7 Å². The molecule has 0 fully saturated rings. The third kappa shape index (κ3) is 5.92. The average molecular weight is 483 g/mol. The highest BCUT2D eigenvalue weighted by Crippen LogP contribution is 2.32. The van der Waals surface area contributed by atoms with Crippen LogP contribution in [0.3, 0.4) is 0 Å². The smallest absolute Gasteiger partial charge is 0.193 e. The molecule has 1 heterocycles. The third-order valence-electron chi connectivity index (χ3n) is 3.96. The number of hydrogen-bond acceptors (Lipinski definition) is 4. The molecule has 0 aromatic heterocycles. The highest BCUT2D eigenvalue weighted by molar-refractivity contribution is 14.0. The number of hydrogen-bond donors (Lipinski definition) is 2. The van der Waals surface area contributed by atoms with Crippen molar-refractivity contribution in [1.82, 2.24) is 0 Å². The standard InChI is InChI=1S/C20H25N3O3.HI/c1-3-24-18-11-14(2)5-6-15(18)13-22-20(21)23-16-7-8-17-19(12-16)26-10-4-9-25-17;/h5-8,11-12H,3-4,9-10,13H2,1-2H3,(H3,21,22,23);1H. The number of anilines is 1. The predicted molar refractivity (Wildman–Crippen MR) is 119 cm³/mol. The first-order valence-electron chi connectivity index (χ1n) is 8.84. The molecule has 27 heavy (non-hydrogen) atoms. The van der Waals surface area contributed by atoms with Crippen LogP contribution in [0.2, 0.25) is 0 Å². The summed E-state index contributed by atoms with van der Waals surface area (Å²) in [6.45, 7) is 6.38. The van der Waals surface area contributed by atoms with Gasteiger partial charge in [-0.3, -0.25) is 0 Å². The molecule has 1 aliphatic rings. The monoisotopic (exact) mass is 483 g/mol. The molecule has 0 bridgehead atoms. The molecule has 0 atom stereocenters. The molecule has 0 unspecified atom stereocenters. The lowest BCUT2D eigenvalue weighted by Crippen LogP contribution is -2.22. The summed E-state index contributed by atoms with van der Waals surface area (Å²) < 4.78 is 17.0. The summed E-state index contributed by atoms with van der Waals surface area (Å²) in [5.74, 6) is 2.66. The minimum atomic E-state index is 0. The Balaban J connectivity index is 0.00000261. The lowest BCUT2D eigenvalue weighted by atomic mass is 10.1. The highest BCUT2D eigenvalue weighted by atomic mass is 127. The van der Waals surface area contributed by atoms with Crippen molar-refractivity contribution in [3.63, 3.8) is 0 Å². The van der Waals surface area contributed by atoms with Crippen molar-refractivity contribution >= 4 is 35.6 Å². The first-order chi connectivity index (χ1) is 12.7. The van der Waals surface area contributed by atoms with Crippen LogP contribution in [0.1, 0.15) is 24.5 Å². The summed E-state index contributed by atoms with van der Waals surface area (Å²) in [4.78, 5) is 4.42. The second-order valence-electron chi connectivity index (χ2n) is 6.08. The second kappa shape index (κ2) is 10.2. The lowest BCUT2D eigenvalue weighted by molar-refractivity contribution is 0.297. The Morgan fingerprint density at radius 3 is 2.70 bits per heavy atom. The number of aryl methyl sites for hydroxylation is 1. The number of aliphatic imine (C=N–C) groups is 1. The van der Waals surface area contributed by atoms with E-state index in [-0.39, 0.29) is 24.0 Å². The van der Waals surface area contributed by atoms with Crippen LogP contribution in [0, 0.1) is 6.92 Å². The average Bonchev–Trinajstić information content (AvgIpc) is 2.86. The Labute approximate surface area is 177 Å². The van der Waals surface area contributed by atoms with Gasteiger partial charge in [-0.1, -0.05) is 12.1 Å². The molecule has 0 amide bonds. The predicted octanol–water partition coefficient (Wildman–Crippen LogP) is 4.10. The van der Waals surface area contributed by atoms with Crippen molar-refractivity contribution < 1.29 is 14.2 Å². The maximum atomic E-state index is 6.04. The molecule has 0 radical (unpaired) electrons. The van der Waals surface area contributed by atoms with E-state index in [4.69, 9.17) is 19.9 Å². The molecule has 0 saturated carbocycles. The summed E-state index contributed by atoms with van der Waals surface area (Å²) in [7, 11) is 0. The van der Waals surface area contributed by atoms with Gasteiger partial charge in [-0.2, -0.15) is 0 Å². The SMILES string of the molecule is CCOc1cc(C)ccc1CN=C(N)Nc1ccc2c(c1)OCCCO2.I. The second-order valence-corrected chi connectivity index (χ2v) is 6.08.